The lowest BCUT2D eigenvalue weighted by Crippen LogP contribution is -2.14. The van der Waals surface area contributed by atoms with E-state index in [0.29, 0.717) is 11.7 Å². The number of aryl methyl sites for hydroxylation is 1. The Morgan fingerprint density at radius 3 is 2.80 bits per heavy atom. The molecule has 1 amide bonds. The van der Waals surface area contributed by atoms with E-state index in [9.17, 15) is 13.6 Å². The Labute approximate surface area is 118 Å². The molecule has 2 rings (SSSR count). The number of aromatic nitrogens is 2. The molecule has 106 valence electrons. The smallest absolute Gasteiger partial charge is 0.286 e. The van der Waals surface area contributed by atoms with Crippen molar-refractivity contribution in [3.8, 4) is 0 Å². The summed E-state index contributed by atoms with van der Waals surface area (Å²) in [6.07, 6.45) is 0. The van der Waals surface area contributed by atoms with E-state index in [0.717, 1.165) is 17.4 Å². The van der Waals surface area contributed by atoms with Gasteiger partial charge in [0.15, 0.2) is 5.82 Å². The van der Waals surface area contributed by atoms with Crippen LogP contribution in [0.2, 0.25) is 0 Å². The molecule has 0 aliphatic carbocycles. The Hall–Kier alpha value is -2.09. The SMILES string of the molecule is CCNc1nnc(C(=O)Nc2c(F)ccc(C)c2F)s1. The Morgan fingerprint density at radius 1 is 1.35 bits per heavy atom. The molecule has 0 bridgehead atoms. The minimum Gasteiger partial charge on any atom is -0.360 e. The number of benzene rings is 1. The van der Waals surface area contributed by atoms with Gasteiger partial charge >= 0.3 is 0 Å². The highest BCUT2D eigenvalue weighted by atomic mass is 32.1. The predicted octanol–water partition coefficient (Wildman–Crippen LogP) is 2.81. The Kier molecular flexibility index (Phi) is 4.23. The molecule has 1 aromatic carbocycles. The summed E-state index contributed by atoms with van der Waals surface area (Å²) in [4.78, 5) is 11.9. The minimum atomic E-state index is -0.835. The van der Waals surface area contributed by atoms with Crippen LogP contribution in [0.4, 0.5) is 19.6 Å². The summed E-state index contributed by atoms with van der Waals surface area (Å²) in [5.41, 5.74) is -0.234. The number of nitrogens with zero attached hydrogens (tertiary/aromatic N) is 2. The summed E-state index contributed by atoms with van der Waals surface area (Å²) in [7, 11) is 0. The van der Waals surface area contributed by atoms with Crippen LogP contribution in [0, 0.1) is 18.6 Å². The number of amides is 1. The Balaban J connectivity index is 2.21. The average Bonchev–Trinajstić information content (AvgIpc) is 2.88. The fraction of sp³-hybridized carbons (Fsp3) is 0.250. The first kappa shape index (κ1) is 14.3. The van der Waals surface area contributed by atoms with E-state index in [2.05, 4.69) is 20.8 Å². The van der Waals surface area contributed by atoms with E-state index in [1.807, 2.05) is 6.92 Å². The molecule has 2 aromatic rings. The van der Waals surface area contributed by atoms with Gasteiger partial charge in [0.25, 0.3) is 5.91 Å². The number of hydrogen-bond donors (Lipinski definition) is 2. The van der Waals surface area contributed by atoms with Gasteiger partial charge in [0, 0.05) is 6.54 Å². The third-order valence-electron chi connectivity index (χ3n) is 2.47. The lowest BCUT2D eigenvalue weighted by molar-refractivity contribution is 0.102. The average molecular weight is 298 g/mol. The van der Waals surface area contributed by atoms with Gasteiger partial charge in [-0.1, -0.05) is 17.4 Å². The molecule has 0 saturated carbocycles. The maximum atomic E-state index is 13.8. The predicted molar refractivity (Wildman–Crippen MR) is 73.1 cm³/mol. The van der Waals surface area contributed by atoms with Gasteiger partial charge in [0.1, 0.15) is 11.5 Å². The third-order valence-corrected chi connectivity index (χ3v) is 3.35. The molecule has 0 unspecified atom stereocenters. The van der Waals surface area contributed by atoms with Crippen molar-refractivity contribution in [3.05, 3.63) is 34.3 Å². The molecule has 1 heterocycles. The van der Waals surface area contributed by atoms with Gasteiger partial charge in [0.2, 0.25) is 10.1 Å². The number of nitrogens with one attached hydrogen (secondary N) is 2. The fourth-order valence-electron chi connectivity index (χ4n) is 1.48. The summed E-state index contributed by atoms with van der Waals surface area (Å²) in [6.45, 7) is 3.99. The van der Waals surface area contributed by atoms with Crippen molar-refractivity contribution in [2.75, 3.05) is 17.2 Å². The van der Waals surface area contributed by atoms with Crippen LogP contribution in [0.1, 0.15) is 22.3 Å². The van der Waals surface area contributed by atoms with Crippen molar-refractivity contribution < 1.29 is 13.6 Å². The normalized spacial score (nSPS) is 10.4. The molecule has 0 atom stereocenters. The van der Waals surface area contributed by atoms with Crippen LogP contribution in [0.5, 0.6) is 0 Å². The van der Waals surface area contributed by atoms with E-state index in [-0.39, 0.29) is 10.6 Å². The number of hydrogen-bond acceptors (Lipinski definition) is 5. The van der Waals surface area contributed by atoms with E-state index in [4.69, 9.17) is 0 Å². The highest BCUT2D eigenvalue weighted by Gasteiger charge is 2.18. The van der Waals surface area contributed by atoms with Crippen molar-refractivity contribution in [2.24, 2.45) is 0 Å². The molecule has 0 spiro atoms. The van der Waals surface area contributed by atoms with Crippen LogP contribution in [-0.4, -0.2) is 22.6 Å². The van der Waals surface area contributed by atoms with Gasteiger partial charge in [-0.05, 0) is 25.5 Å². The second kappa shape index (κ2) is 5.91. The monoisotopic (exact) mass is 298 g/mol. The number of carbonyl (C=O) groups excluding carboxylic acids is 1. The topological polar surface area (TPSA) is 66.9 Å². The van der Waals surface area contributed by atoms with Crippen molar-refractivity contribution in [1.29, 1.82) is 0 Å². The number of carbonyl (C=O) groups is 1. The number of rotatable bonds is 4. The van der Waals surface area contributed by atoms with E-state index in [1.165, 1.54) is 13.0 Å². The van der Waals surface area contributed by atoms with Crippen molar-refractivity contribution in [1.82, 2.24) is 10.2 Å². The van der Waals surface area contributed by atoms with E-state index >= 15 is 0 Å². The highest BCUT2D eigenvalue weighted by molar-refractivity contribution is 7.17. The van der Waals surface area contributed by atoms with E-state index < -0.39 is 23.2 Å². The molecule has 2 N–H and O–H groups in total. The van der Waals surface area contributed by atoms with Crippen LogP contribution in [-0.2, 0) is 0 Å². The quantitative estimate of drug-likeness (QED) is 0.911. The summed E-state index contributed by atoms with van der Waals surface area (Å²) in [6, 6.07) is 2.40. The largest absolute Gasteiger partial charge is 0.360 e. The lowest BCUT2D eigenvalue weighted by Gasteiger charge is -2.07. The molecule has 20 heavy (non-hydrogen) atoms. The zero-order chi connectivity index (χ0) is 14.7. The van der Waals surface area contributed by atoms with Gasteiger partial charge in [-0.25, -0.2) is 8.78 Å². The first-order chi connectivity index (χ1) is 9.52. The van der Waals surface area contributed by atoms with Crippen molar-refractivity contribution in [3.63, 3.8) is 0 Å². The molecule has 0 aliphatic rings. The van der Waals surface area contributed by atoms with Gasteiger partial charge in [-0.3, -0.25) is 4.79 Å². The van der Waals surface area contributed by atoms with Crippen LogP contribution in [0.25, 0.3) is 0 Å². The summed E-state index contributed by atoms with van der Waals surface area (Å²) < 4.78 is 27.3. The van der Waals surface area contributed by atoms with Crippen molar-refractivity contribution in [2.45, 2.75) is 13.8 Å². The maximum absolute atomic E-state index is 13.8. The van der Waals surface area contributed by atoms with Crippen molar-refractivity contribution >= 4 is 28.1 Å². The second-order valence-corrected chi connectivity index (χ2v) is 4.93. The molecular weight excluding hydrogens is 286 g/mol. The third kappa shape index (κ3) is 2.90. The van der Waals surface area contributed by atoms with E-state index in [1.54, 1.807) is 0 Å². The molecule has 0 radical (unpaired) electrons. The zero-order valence-electron chi connectivity index (χ0n) is 10.8. The highest BCUT2D eigenvalue weighted by Crippen LogP contribution is 2.23. The second-order valence-electron chi connectivity index (χ2n) is 3.95. The van der Waals surface area contributed by atoms with Gasteiger partial charge in [0.05, 0.1) is 0 Å². The molecule has 0 saturated heterocycles. The maximum Gasteiger partial charge on any atom is 0.286 e. The number of halogens is 2. The van der Waals surface area contributed by atoms with Crippen LogP contribution < -0.4 is 10.6 Å². The summed E-state index contributed by atoms with van der Waals surface area (Å²) in [5.74, 6) is -2.33. The van der Waals surface area contributed by atoms with Gasteiger partial charge in [-0.15, -0.1) is 10.2 Å². The lowest BCUT2D eigenvalue weighted by atomic mass is 10.2. The zero-order valence-corrected chi connectivity index (χ0v) is 11.6. The van der Waals surface area contributed by atoms with Crippen LogP contribution in [0.3, 0.4) is 0 Å². The summed E-state index contributed by atoms with van der Waals surface area (Å²) in [5, 5.41) is 13.0. The van der Waals surface area contributed by atoms with Crippen LogP contribution >= 0.6 is 11.3 Å². The Morgan fingerprint density at radius 2 is 2.10 bits per heavy atom. The molecular formula is C12H12F2N4OS. The molecule has 1 aromatic heterocycles. The fourth-order valence-corrected chi connectivity index (χ4v) is 2.18. The molecule has 8 heteroatoms. The van der Waals surface area contributed by atoms with Gasteiger partial charge in [-0.2, -0.15) is 0 Å². The molecule has 0 fully saturated rings. The molecule has 5 nitrogen and oxygen atoms in total. The van der Waals surface area contributed by atoms with Crippen LogP contribution in [0.15, 0.2) is 12.1 Å². The summed E-state index contributed by atoms with van der Waals surface area (Å²) >= 11 is 1.01. The minimum absolute atomic E-state index is 0.0289. The first-order valence-corrected chi connectivity index (χ1v) is 6.68. The standard InChI is InChI=1S/C12H12F2N4OS/c1-3-15-12-18-17-11(20-12)10(19)16-9-7(13)5-4-6(2)8(9)14/h4-5H,3H2,1-2H3,(H,15,18)(H,16,19). The number of anilines is 2. The molecule has 0 aliphatic heterocycles. The van der Waals surface area contributed by atoms with Gasteiger partial charge < -0.3 is 10.6 Å². The Bertz CT molecular complexity index is 644. The first-order valence-electron chi connectivity index (χ1n) is 5.86.